The maximum atomic E-state index is 14.0. The number of likely N-dealkylation sites (tertiary alicyclic amines) is 2. The molecule has 5 atom stereocenters. The van der Waals surface area contributed by atoms with Gasteiger partial charge in [0.25, 0.3) is 20.0 Å². The summed E-state index contributed by atoms with van der Waals surface area (Å²) in [6.45, 7) is 7.65. The first-order chi connectivity index (χ1) is 40.2. The fourth-order valence-electron chi connectivity index (χ4n) is 11.4. The van der Waals surface area contributed by atoms with Gasteiger partial charge in [0.2, 0.25) is 11.8 Å². The van der Waals surface area contributed by atoms with E-state index in [2.05, 4.69) is 52.6 Å². The molecule has 4 aliphatic heterocycles. The molecule has 84 heavy (non-hydrogen) atoms. The van der Waals surface area contributed by atoms with Crippen molar-refractivity contribution < 1.29 is 45.5 Å². The molecule has 4 aromatic rings. The summed E-state index contributed by atoms with van der Waals surface area (Å²) in [5.41, 5.74) is 5.59. The third kappa shape index (κ3) is 16.5. The minimum absolute atomic E-state index is 0.0497. The van der Waals surface area contributed by atoms with E-state index in [9.17, 15) is 46.5 Å². The van der Waals surface area contributed by atoms with E-state index in [0.29, 0.717) is 130 Å². The zero-order valence-corrected chi connectivity index (χ0v) is 50.4. The average Bonchev–Trinajstić information content (AvgIpc) is 3.14. The Hall–Kier alpha value is -6.42. The third-order valence-corrected chi connectivity index (χ3v) is 18.7. The molecule has 450 valence electrons. The molecule has 0 bridgehead atoms. The lowest BCUT2D eigenvalue weighted by Crippen LogP contribution is -2.47. The second-order valence-electron chi connectivity index (χ2n) is 21.7. The first kappa shape index (κ1) is 63.6. The van der Waals surface area contributed by atoms with Crippen molar-refractivity contribution in [2.75, 3.05) is 106 Å². The van der Waals surface area contributed by atoms with Gasteiger partial charge in [-0.05, 0) is 135 Å². The van der Waals surface area contributed by atoms with Gasteiger partial charge in [-0.3, -0.25) is 19.4 Å². The quantitative estimate of drug-likeness (QED) is 0.0523. The van der Waals surface area contributed by atoms with E-state index in [0.717, 1.165) is 22.3 Å². The Morgan fingerprint density at radius 3 is 1.62 bits per heavy atom. The van der Waals surface area contributed by atoms with Gasteiger partial charge in [-0.2, -0.15) is 10.5 Å². The number of ether oxygens (including phenoxy) is 2. The minimum atomic E-state index is -4.36. The third-order valence-electron chi connectivity index (χ3n) is 15.6. The highest BCUT2D eigenvalue weighted by Crippen LogP contribution is 2.39. The number of carbonyl (C=O) groups is 4. The Kier molecular flexibility index (Phi) is 22.0. The number of unbranched alkanes of at least 4 members (excludes halogenated alkanes) is 1. The van der Waals surface area contributed by atoms with Gasteiger partial charge in [-0.1, -0.05) is 47.5 Å². The Morgan fingerprint density at radius 1 is 0.643 bits per heavy atom. The highest BCUT2D eigenvalue weighted by Gasteiger charge is 2.39. The first-order valence-corrected chi connectivity index (χ1v) is 31.8. The summed E-state index contributed by atoms with van der Waals surface area (Å²) >= 11 is 12.9. The normalized spacial score (nSPS) is 19.7. The van der Waals surface area contributed by atoms with Crippen LogP contribution in [0.1, 0.15) is 89.0 Å². The standard InChI is InChI=1S/C58H72Cl2N12O10S2/c1-4-81-21-17-65-57(75)63-15-5-6-16-64-58(76)66-18-22-82-54(72-20-14-41(32-72)56(74)68-84(79,80)47-12-8-10-39(26-47)51-34-70(3)36-53-43(30-62)24-45(60)28-49(51)53)37-71-19-13-40(31-71)55(73)67-83(77,78)46-11-7-9-38(25-46)50-33-69(2)35-52-42(29-61)23-44(59)27-48(50)52/h7-12,23-28,40-41,50-51,54H,4-6,13-22,31-37H2,1-3H3,(H,67,73)(H,68,74)(H2,63,65,75)(H2,64,66,76)/t40-,41-,50?,51?,54?/m1/s1. The molecule has 0 saturated carbocycles. The molecule has 8 rings (SSSR count). The number of hydrogen-bond acceptors (Lipinski definition) is 16. The van der Waals surface area contributed by atoms with Crippen molar-refractivity contribution in [2.24, 2.45) is 11.8 Å². The summed E-state index contributed by atoms with van der Waals surface area (Å²) in [5, 5.41) is 31.6. The maximum absolute atomic E-state index is 14.0. The van der Waals surface area contributed by atoms with E-state index >= 15 is 0 Å². The van der Waals surface area contributed by atoms with Crippen molar-refractivity contribution in [3.05, 3.63) is 127 Å². The molecule has 4 aromatic carbocycles. The number of nitriles is 2. The lowest BCUT2D eigenvalue weighted by Gasteiger charge is -2.33. The summed E-state index contributed by atoms with van der Waals surface area (Å²) in [6, 6.07) is 23.4. The molecule has 4 heterocycles. The topological polar surface area (TPSA) is 288 Å². The lowest BCUT2D eigenvalue weighted by molar-refractivity contribution is -0.124. The van der Waals surface area contributed by atoms with Gasteiger partial charge in [-0.15, -0.1) is 0 Å². The molecule has 0 radical (unpaired) electrons. The van der Waals surface area contributed by atoms with Crippen LogP contribution in [0.25, 0.3) is 0 Å². The van der Waals surface area contributed by atoms with Crippen LogP contribution in [0, 0.1) is 34.5 Å². The summed E-state index contributed by atoms with van der Waals surface area (Å²) in [4.78, 5) is 60.3. The van der Waals surface area contributed by atoms with E-state index in [4.69, 9.17) is 32.7 Å². The van der Waals surface area contributed by atoms with Crippen LogP contribution >= 0.6 is 23.2 Å². The van der Waals surface area contributed by atoms with Crippen molar-refractivity contribution in [1.29, 1.82) is 10.5 Å². The van der Waals surface area contributed by atoms with Crippen LogP contribution in [-0.2, 0) is 52.2 Å². The Morgan fingerprint density at radius 2 is 1.12 bits per heavy atom. The zero-order chi connectivity index (χ0) is 60.1. The fourth-order valence-corrected chi connectivity index (χ4v) is 14.0. The molecule has 6 amide bonds. The number of nitrogens with zero attached hydrogens (tertiary/aromatic N) is 6. The van der Waals surface area contributed by atoms with Gasteiger partial charge in [0.15, 0.2) is 0 Å². The van der Waals surface area contributed by atoms with Crippen LogP contribution < -0.4 is 30.7 Å². The molecule has 6 N–H and O–H groups in total. The summed E-state index contributed by atoms with van der Waals surface area (Å²) < 4.78 is 72.1. The minimum Gasteiger partial charge on any atom is -0.380 e. The number of fused-ring (bicyclic) bond motifs is 2. The van der Waals surface area contributed by atoms with Crippen LogP contribution in [0.3, 0.4) is 0 Å². The van der Waals surface area contributed by atoms with Crippen LogP contribution in [0.5, 0.6) is 0 Å². The average molecular weight is 1230 g/mol. The largest absolute Gasteiger partial charge is 0.380 e. The first-order valence-electron chi connectivity index (χ1n) is 28.1. The van der Waals surface area contributed by atoms with Crippen LogP contribution in [-0.4, -0.2) is 172 Å². The predicted molar refractivity (Wildman–Crippen MR) is 315 cm³/mol. The van der Waals surface area contributed by atoms with Gasteiger partial charge in [0.05, 0.1) is 58.1 Å². The van der Waals surface area contributed by atoms with Gasteiger partial charge >= 0.3 is 12.1 Å². The second kappa shape index (κ2) is 29.1. The molecule has 4 aliphatic rings. The van der Waals surface area contributed by atoms with Crippen LogP contribution in [0.4, 0.5) is 9.59 Å². The Bertz CT molecular complexity index is 3380. The van der Waals surface area contributed by atoms with Crippen molar-refractivity contribution >= 4 is 67.1 Å². The number of likely N-dealkylation sites (N-methyl/N-ethyl adjacent to an activating group) is 2. The lowest BCUT2D eigenvalue weighted by atomic mass is 9.83. The second-order valence-corrected chi connectivity index (χ2v) is 25.9. The van der Waals surface area contributed by atoms with Gasteiger partial charge in [-0.25, -0.2) is 35.9 Å². The molecule has 3 unspecified atom stereocenters. The number of rotatable bonds is 24. The van der Waals surface area contributed by atoms with E-state index in [1.807, 2.05) is 55.1 Å². The Labute approximate surface area is 501 Å². The number of nitrogens with one attached hydrogen (secondary N) is 6. The van der Waals surface area contributed by atoms with Crippen LogP contribution in [0.2, 0.25) is 10.0 Å². The molecule has 2 fully saturated rings. The molecule has 0 aliphatic carbocycles. The van der Waals surface area contributed by atoms with Gasteiger partial charge < -0.3 is 40.5 Å². The van der Waals surface area contributed by atoms with Crippen molar-refractivity contribution in [1.82, 2.24) is 50.3 Å². The highest BCUT2D eigenvalue weighted by atomic mass is 35.5. The summed E-state index contributed by atoms with van der Waals surface area (Å²) in [5.74, 6) is -3.42. The monoisotopic (exact) mass is 1230 g/mol. The predicted octanol–water partition coefficient (Wildman–Crippen LogP) is 4.60. The van der Waals surface area contributed by atoms with Crippen LogP contribution in [0.15, 0.2) is 82.6 Å². The number of benzene rings is 4. The highest BCUT2D eigenvalue weighted by molar-refractivity contribution is 7.90. The van der Waals surface area contributed by atoms with Crippen molar-refractivity contribution in [3.63, 3.8) is 0 Å². The van der Waals surface area contributed by atoms with Gasteiger partial charge in [0, 0.05) is 107 Å². The molecule has 0 spiro atoms. The number of sulfonamides is 2. The van der Waals surface area contributed by atoms with Crippen molar-refractivity contribution in [3.8, 4) is 12.1 Å². The molecular weight excluding hydrogens is 1160 g/mol. The molecule has 22 nitrogen and oxygen atoms in total. The Balaban J connectivity index is 0.887. The SMILES string of the molecule is CCOCCNC(=O)NCCCCNC(=O)NCCOC(CN1CC[C@@H](C(=O)NS(=O)(=O)c2cccc(C3CN(C)Cc4c(C#N)cc(Cl)cc43)c2)C1)N1CC[C@@H](C(=O)NS(=O)(=O)c2cccc(C3CN(C)Cc4c(C#N)cc(Cl)cc43)c2)C1. The van der Waals surface area contributed by atoms with Gasteiger partial charge in [0.1, 0.15) is 6.23 Å². The maximum Gasteiger partial charge on any atom is 0.314 e. The van der Waals surface area contributed by atoms with E-state index in [-0.39, 0.29) is 60.4 Å². The summed E-state index contributed by atoms with van der Waals surface area (Å²) in [7, 11) is -4.84. The number of hydrogen-bond donors (Lipinski definition) is 6. The molecule has 0 aromatic heterocycles. The summed E-state index contributed by atoms with van der Waals surface area (Å²) in [6.07, 6.45) is 1.19. The molecular formula is C58H72Cl2N12O10S2. The number of carbonyl (C=O) groups excluding carboxylic acids is 4. The number of halogens is 2. The number of urea groups is 2. The van der Waals surface area contributed by atoms with E-state index in [1.54, 1.807) is 36.4 Å². The van der Waals surface area contributed by atoms with E-state index < -0.39 is 56.0 Å². The van der Waals surface area contributed by atoms with Crippen molar-refractivity contribution in [2.45, 2.75) is 73.6 Å². The number of amides is 6. The fraction of sp³-hybridized carbons (Fsp3) is 0.483. The smallest absolute Gasteiger partial charge is 0.314 e. The molecule has 2 saturated heterocycles. The zero-order valence-electron chi connectivity index (χ0n) is 47.3. The molecule has 26 heteroatoms. The van der Waals surface area contributed by atoms with E-state index in [1.165, 1.54) is 12.1 Å².